The van der Waals surface area contributed by atoms with Gasteiger partial charge < -0.3 is 4.57 Å². The van der Waals surface area contributed by atoms with E-state index < -0.39 is 0 Å². The van der Waals surface area contributed by atoms with E-state index in [9.17, 15) is 5.26 Å². The van der Waals surface area contributed by atoms with Crippen molar-refractivity contribution in [3.05, 3.63) is 230 Å². The highest BCUT2D eigenvalue weighted by Gasteiger charge is 2.23. The second kappa shape index (κ2) is 17.5. The van der Waals surface area contributed by atoms with Crippen molar-refractivity contribution in [3.8, 4) is 102 Å². The van der Waals surface area contributed by atoms with Gasteiger partial charge in [0.1, 0.15) is 0 Å². The van der Waals surface area contributed by atoms with E-state index in [0.29, 0.717) is 46.2 Å². The Morgan fingerprint density at radius 2 is 0.797 bits per heavy atom. The molecule has 8 aromatic carbocycles. The number of hydrogen-bond acceptors (Lipinski definition) is 8. The van der Waals surface area contributed by atoms with Crippen LogP contribution in [0, 0.1) is 11.3 Å². The van der Waals surface area contributed by atoms with Crippen molar-refractivity contribution >= 4 is 21.8 Å². The Hall–Kier alpha value is -9.78. The van der Waals surface area contributed by atoms with Gasteiger partial charge in [-0.2, -0.15) is 5.26 Å². The fraction of sp³-hybridized carbons (Fsp3) is 0. The Balaban J connectivity index is 1.13. The number of benzene rings is 8. The molecule has 0 aliphatic carbocycles. The summed E-state index contributed by atoms with van der Waals surface area (Å²) in [6.07, 6.45) is 1.81. The van der Waals surface area contributed by atoms with Gasteiger partial charge in [-0.05, 0) is 65.7 Å². The van der Waals surface area contributed by atoms with Gasteiger partial charge >= 0.3 is 0 Å². The van der Waals surface area contributed by atoms with Crippen LogP contribution in [-0.4, -0.2) is 39.5 Å². The van der Waals surface area contributed by atoms with E-state index in [0.717, 1.165) is 77.6 Å². The van der Waals surface area contributed by atoms with Crippen molar-refractivity contribution in [2.24, 2.45) is 0 Å². The molecule has 12 aromatic rings. The Morgan fingerprint density at radius 3 is 1.38 bits per heavy atom. The lowest BCUT2D eigenvalue weighted by Gasteiger charge is -2.18. The summed E-state index contributed by atoms with van der Waals surface area (Å²) in [6, 6.07) is 75.1. The minimum Gasteiger partial charge on any atom is -0.309 e. The fourth-order valence-corrected chi connectivity index (χ4v) is 8.96. The lowest BCUT2D eigenvalue weighted by atomic mass is 9.98. The van der Waals surface area contributed by atoms with Crippen LogP contribution in [0.2, 0.25) is 0 Å². The standard InChI is InChI=1S/C60H37N9/c61-38-45-26-13-14-27-46(45)43-31-33-52-49(36-43)47-28-15-16-30-51(47)69(52)53-34-32-44(59-65-55(39-18-5-1-6-19-39)63-56(66-59)40-20-7-2-8-21-40)37-50(53)54-48(29-17-35-62-54)60-67-57(41-22-9-3-10-23-41)64-58(68-60)42-24-11-4-12-25-42/h1-37H. The predicted octanol–water partition coefficient (Wildman–Crippen LogP) is 13.8. The summed E-state index contributed by atoms with van der Waals surface area (Å²) in [6.45, 7) is 0. The highest BCUT2D eigenvalue weighted by atomic mass is 15.0. The maximum absolute atomic E-state index is 10.1. The van der Waals surface area contributed by atoms with E-state index in [1.807, 2.05) is 158 Å². The minimum atomic E-state index is 0.475. The molecule has 69 heavy (non-hydrogen) atoms. The van der Waals surface area contributed by atoms with Crippen LogP contribution in [0.5, 0.6) is 0 Å². The molecule has 4 aromatic heterocycles. The van der Waals surface area contributed by atoms with Gasteiger partial charge in [0.05, 0.1) is 34.0 Å². The zero-order chi connectivity index (χ0) is 46.1. The molecular formula is C60H37N9. The van der Waals surface area contributed by atoms with Crippen LogP contribution in [0.4, 0.5) is 0 Å². The van der Waals surface area contributed by atoms with Gasteiger partial charge in [0.15, 0.2) is 34.9 Å². The molecule has 0 aliphatic heterocycles. The maximum atomic E-state index is 10.1. The van der Waals surface area contributed by atoms with Crippen LogP contribution in [-0.2, 0) is 0 Å². The summed E-state index contributed by atoms with van der Waals surface area (Å²) in [5.41, 5.74) is 11.7. The molecule has 0 saturated carbocycles. The van der Waals surface area contributed by atoms with Crippen molar-refractivity contribution in [3.63, 3.8) is 0 Å². The number of fused-ring (bicyclic) bond motifs is 3. The van der Waals surface area contributed by atoms with Gasteiger partial charge in [-0.15, -0.1) is 0 Å². The lowest BCUT2D eigenvalue weighted by Crippen LogP contribution is -2.04. The Morgan fingerprint density at radius 1 is 0.333 bits per heavy atom. The van der Waals surface area contributed by atoms with E-state index >= 15 is 0 Å². The smallest absolute Gasteiger partial charge is 0.166 e. The molecule has 0 aliphatic rings. The first-order valence-electron chi connectivity index (χ1n) is 22.5. The fourth-order valence-electron chi connectivity index (χ4n) is 8.96. The number of pyridine rings is 1. The van der Waals surface area contributed by atoms with Crippen molar-refractivity contribution in [1.82, 2.24) is 39.5 Å². The predicted molar refractivity (Wildman–Crippen MR) is 274 cm³/mol. The first-order valence-corrected chi connectivity index (χ1v) is 22.5. The lowest BCUT2D eigenvalue weighted by molar-refractivity contribution is 1.07. The third kappa shape index (κ3) is 7.64. The van der Waals surface area contributed by atoms with Gasteiger partial charge in [0.2, 0.25) is 0 Å². The van der Waals surface area contributed by atoms with Crippen LogP contribution < -0.4 is 0 Å². The number of rotatable bonds is 9. The molecule has 12 rings (SSSR count). The van der Waals surface area contributed by atoms with E-state index in [1.54, 1.807) is 6.20 Å². The molecule has 0 spiro atoms. The number of nitrogens with zero attached hydrogens (tertiary/aromatic N) is 9. The molecule has 0 unspecified atom stereocenters. The van der Waals surface area contributed by atoms with Crippen LogP contribution >= 0.6 is 0 Å². The molecule has 4 heterocycles. The van der Waals surface area contributed by atoms with Gasteiger partial charge in [0.25, 0.3) is 0 Å². The Kier molecular flexibility index (Phi) is 10.4. The molecule has 9 nitrogen and oxygen atoms in total. The molecule has 0 amide bonds. The zero-order valence-electron chi connectivity index (χ0n) is 36.9. The van der Waals surface area contributed by atoms with Crippen LogP contribution in [0.1, 0.15) is 5.56 Å². The van der Waals surface area contributed by atoms with Crippen molar-refractivity contribution in [2.75, 3.05) is 0 Å². The molecule has 0 atom stereocenters. The maximum Gasteiger partial charge on any atom is 0.166 e. The summed E-state index contributed by atoms with van der Waals surface area (Å²) in [4.78, 5) is 35.8. The average Bonchev–Trinajstić information content (AvgIpc) is 3.77. The first kappa shape index (κ1) is 40.7. The molecule has 0 N–H and O–H groups in total. The second-order valence-corrected chi connectivity index (χ2v) is 16.4. The topological polar surface area (TPSA) is 119 Å². The molecule has 9 heteroatoms. The molecule has 322 valence electrons. The normalized spacial score (nSPS) is 11.2. The Bertz CT molecular complexity index is 3790. The number of aromatic nitrogens is 8. The van der Waals surface area contributed by atoms with Gasteiger partial charge in [-0.25, -0.2) is 29.9 Å². The summed E-state index contributed by atoms with van der Waals surface area (Å²) in [5, 5.41) is 12.2. The second-order valence-electron chi connectivity index (χ2n) is 16.4. The van der Waals surface area contributed by atoms with Crippen molar-refractivity contribution in [2.45, 2.75) is 0 Å². The number of nitriles is 1. The molecular weight excluding hydrogens is 847 g/mol. The monoisotopic (exact) mass is 883 g/mol. The third-order valence-electron chi connectivity index (χ3n) is 12.2. The van der Waals surface area contributed by atoms with E-state index in [4.69, 9.17) is 34.9 Å². The summed E-state index contributed by atoms with van der Waals surface area (Å²) < 4.78 is 2.29. The van der Waals surface area contributed by atoms with Crippen LogP contribution in [0.15, 0.2) is 225 Å². The van der Waals surface area contributed by atoms with E-state index in [1.165, 1.54) is 0 Å². The summed E-state index contributed by atoms with van der Waals surface area (Å²) >= 11 is 0. The zero-order valence-corrected chi connectivity index (χ0v) is 36.9. The first-order chi connectivity index (χ1) is 34.2. The van der Waals surface area contributed by atoms with Crippen LogP contribution in [0.25, 0.3) is 118 Å². The van der Waals surface area contributed by atoms with Crippen molar-refractivity contribution < 1.29 is 0 Å². The van der Waals surface area contributed by atoms with Gasteiger partial charge in [-0.1, -0.05) is 164 Å². The van der Waals surface area contributed by atoms with Crippen molar-refractivity contribution in [1.29, 1.82) is 5.26 Å². The Labute approximate surface area is 397 Å². The molecule has 0 radical (unpaired) electrons. The molecule has 0 fully saturated rings. The van der Waals surface area contributed by atoms with Gasteiger partial charge in [0, 0.05) is 55.9 Å². The summed E-state index contributed by atoms with van der Waals surface area (Å²) in [5.74, 6) is 3.20. The quantitative estimate of drug-likeness (QED) is 0.141. The largest absolute Gasteiger partial charge is 0.309 e. The average molecular weight is 884 g/mol. The highest BCUT2D eigenvalue weighted by molar-refractivity contribution is 6.11. The van der Waals surface area contributed by atoms with Crippen LogP contribution in [0.3, 0.4) is 0 Å². The third-order valence-corrected chi connectivity index (χ3v) is 12.2. The van der Waals surface area contributed by atoms with E-state index in [-0.39, 0.29) is 0 Å². The van der Waals surface area contributed by atoms with Gasteiger partial charge in [-0.3, -0.25) is 4.98 Å². The summed E-state index contributed by atoms with van der Waals surface area (Å²) in [7, 11) is 0. The molecule has 0 saturated heterocycles. The highest BCUT2D eigenvalue weighted by Crippen LogP contribution is 2.42. The van der Waals surface area contributed by atoms with E-state index in [2.05, 4.69) is 71.3 Å². The molecule has 0 bridgehead atoms. The minimum absolute atomic E-state index is 0.475. The number of hydrogen-bond donors (Lipinski definition) is 0. The SMILES string of the molecule is N#Cc1ccccc1-c1ccc2c(c1)c1ccccc1n2-c1ccc(-c2nc(-c3ccccc3)nc(-c3ccccc3)n2)cc1-c1ncccc1-c1nc(-c2ccccc2)nc(-c2ccccc2)n1. The number of para-hydroxylation sites is 1.